The summed E-state index contributed by atoms with van der Waals surface area (Å²) in [5.74, 6) is -4.03. The molecule has 0 spiro atoms. The maximum atomic E-state index is 13.2. The molecule has 1 aromatic carbocycles. The third-order valence-corrected chi connectivity index (χ3v) is 2.72. The lowest BCUT2D eigenvalue weighted by Gasteiger charge is -2.04. The maximum Gasteiger partial charge on any atom is 0.330 e. The van der Waals surface area contributed by atoms with Crippen molar-refractivity contribution in [3.05, 3.63) is 53.4 Å². The predicted molar refractivity (Wildman–Crippen MR) is 84.3 cm³/mol. The highest BCUT2D eigenvalue weighted by Crippen LogP contribution is 2.17. The zero-order chi connectivity index (χ0) is 20.1. The van der Waals surface area contributed by atoms with Crippen molar-refractivity contribution >= 4 is 17.9 Å². The number of rotatable bonds is 8. The smallest absolute Gasteiger partial charge is 0.330 e. The van der Waals surface area contributed by atoms with Crippen molar-refractivity contribution in [3.63, 3.8) is 0 Å². The van der Waals surface area contributed by atoms with Crippen molar-refractivity contribution < 1.29 is 42.5 Å². The molecule has 9 heteroatoms. The summed E-state index contributed by atoms with van der Waals surface area (Å²) in [4.78, 5) is 31.0. The van der Waals surface area contributed by atoms with Crippen LogP contribution in [0.1, 0.15) is 18.4 Å². The van der Waals surface area contributed by atoms with Crippen LogP contribution in [0.5, 0.6) is 0 Å². The molecule has 0 aliphatic heterocycles. The summed E-state index contributed by atoms with van der Waals surface area (Å²) in [5.41, 5.74) is -0.536. The van der Waals surface area contributed by atoms with Gasteiger partial charge in [0.05, 0.1) is 13.0 Å². The van der Waals surface area contributed by atoms with Gasteiger partial charge in [-0.25, -0.2) is 22.8 Å². The first-order valence-electron chi connectivity index (χ1n) is 7.23. The zero-order valence-electron chi connectivity index (χ0n) is 13.6. The van der Waals surface area contributed by atoms with Crippen molar-refractivity contribution in [1.29, 1.82) is 0 Å². The molecule has 0 unspecified atom stereocenters. The Bertz CT molecular complexity index is 696. The van der Waals surface area contributed by atoms with Crippen LogP contribution in [0, 0.1) is 17.5 Å². The number of aliphatic carboxylic acids is 1. The second-order valence-corrected chi connectivity index (χ2v) is 4.76. The number of hydrogen-bond acceptors (Lipinski definition) is 5. The Kier molecular flexibility index (Phi) is 11.1. The van der Waals surface area contributed by atoms with Gasteiger partial charge in [0, 0.05) is 37.2 Å². The Morgan fingerprint density at radius 2 is 1.81 bits per heavy atom. The summed E-state index contributed by atoms with van der Waals surface area (Å²) < 4.78 is 43.1. The van der Waals surface area contributed by atoms with Gasteiger partial charge in [-0.15, -0.1) is 0 Å². The van der Waals surface area contributed by atoms with Gasteiger partial charge < -0.3 is 14.9 Å². The van der Waals surface area contributed by atoms with Crippen LogP contribution < -0.4 is 0 Å². The number of aliphatic hydroxyl groups excluding tert-OH is 1. The van der Waals surface area contributed by atoms with E-state index in [1.165, 1.54) is 5.94 Å². The van der Waals surface area contributed by atoms with E-state index in [0.717, 1.165) is 6.08 Å². The molecule has 0 atom stereocenters. The van der Waals surface area contributed by atoms with E-state index in [2.05, 4.69) is 11.3 Å². The van der Waals surface area contributed by atoms with Crippen molar-refractivity contribution in [2.24, 2.45) is 0 Å². The van der Waals surface area contributed by atoms with Gasteiger partial charge in [0.2, 0.25) is 0 Å². The van der Waals surface area contributed by atoms with E-state index in [1.54, 1.807) is 0 Å². The van der Waals surface area contributed by atoms with Crippen LogP contribution in [-0.4, -0.2) is 41.3 Å². The molecule has 142 valence electrons. The van der Waals surface area contributed by atoms with Gasteiger partial charge in [0.25, 0.3) is 0 Å². The number of aliphatic hydroxyl groups is 1. The Hall–Kier alpha value is -2.90. The van der Waals surface area contributed by atoms with Gasteiger partial charge in [-0.2, -0.15) is 0 Å². The fourth-order valence-corrected chi connectivity index (χ4v) is 1.54. The summed E-state index contributed by atoms with van der Waals surface area (Å²) in [6, 6.07) is 0.928. The Morgan fingerprint density at radius 1 is 1.19 bits per heavy atom. The summed E-state index contributed by atoms with van der Waals surface area (Å²) >= 11 is 0. The molecule has 26 heavy (non-hydrogen) atoms. The molecule has 0 saturated heterocycles. The number of carbonyl (C=O) groups excluding carboxylic acids is 2. The van der Waals surface area contributed by atoms with Gasteiger partial charge in [0.1, 0.15) is 11.8 Å². The van der Waals surface area contributed by atoms with Crippen LogP contribution in [0.3, 0.4) is 0 Å². The lowest BCUT2D eigenvalue weighted by Crippen LogP contribution is -2.03. The molecule has 1 aromatic rings. The minimum Gasteiger partial charge on any atom is -0.481 e. The number of hydrogen-bond donors (Lipinski definition) is 2. The number of benzene rings is 1. The summed E-state index contributed by atoms with van der Waals surface area (Å²) in [6.07, 6.45) is 0.539. The predicted octanol–water partition coefficient (Wildman–Crippen LogP) is 1.98. The molecule has 0 aromatic heterocycles. The number of esters is 1. The fraction of sp³-hybridized carbons (Fsp3) is 0.294. The van der Waals surface area contributed by atoms with E-state index < -0.39 is 42.2 Å². The van der Waals surface area contributed by atoms with Gasteiger partial charge in [-0.1, -0.05) is 6.58 Å². The molecule has 2 N–H and O–H groups in total. The van der Waals surface area contributed by atoms with Gasteiger partial charge in [-0.05, 0) is 11.6 Å². The average Bonchev–Trinajstić information content (AvgIpc) is 2.59. The van der Waals surface area contributed by atoms with Crippen LogP contribution in [0.2, 0.25) is 0 Å². The topological polar surface area (TPSA) is 101 Å². The van der Waals surface area contributed by atoms with Crippen molar-refractivity contribution in [2.45, 2.75) is 19.3 Å². The normalized spacial score (nSPS) is 9.38. The highest BCUT2D eigenvalue weighted by molar-refractivity contribution is 5.81. The van der Waals surface area contributed by atoms with E-state index >= 15 is 0 Å². The first-order chi connectivity index (χ1) is 12.2. The third kappa shape index (κ3) is 9.41. The van der Waals surface area contributed by atoms with Crippen LogP contribution in [0.25, 0.3) is 0 Å². The lowest BCUT2D eigenvalue weighted by molar-refractivity contribution is -0.138. The first kappa shape index (κ1) is 23.1. The SMILES string of the molecule is C=CC(=O)OCCCO.O=C=C(CC(=O)O)Cc1cc(F)c(F)cc1F. The van der Waals surface area contributed by atoms with Gasteiger partial charge >= 0.3 is 11.9 Å². The van der Waals surface area contributed by atoms with Crippen LogP contribution in [0.15, 0.2) is 30.4 Å². The highest BCUT2D eigenvalue weighted by Gasteiger charge is 2.13. The zero-order valence-corrected chi connectivity index (χ0v) is 13.6. The molecular formula is C17H17F3O6. The molecule has 0 aliphatic carbocycles. The average molecular weight is 374 g/mol. The number of halogens is 3. The number of carbonyl (C=O) groups is 2. The Labute approximate surface area is 147 Å². The van der Waals surface area contributed by atoms with Gasteiger partial charge in [0.15, 0.2) is 11.6 Å². The first-order valence-corrected chi connectivity index (χ1v) is 7.23. The van der Waals surface area contributed by atoms with E-state index in [-0.39, 0.29) is 24.4 Å². The number of carboxylic acid groups (broad SMARTS) is 1. The van der Waals surface area contributed by atoms with Crippen molar-refractivity contribution in [3.8, 4) is 0 Å². The second-order valence-electron chi connectivity index (χ2n) is 4.76. The third-order valence-electron chi connectivity index (χ3n) is 2.72. The molecule has 1 rings (SSSR count). The van der Waals surface area contributed by atoms with E-state index in [4.69, 9.17) is 10.2 Å². The molecule has 0 amide bonds. The van der Waals surface area contributed by atoms with Gasteiger partial charge in [-0.3, -0.25) is 4.79 Å². The summed E-state index contributed by atoms with van der Waals surface area (Å²) in [7, 11) is 0. The quantitative estimate of drug-likeness (QED) is 0.237. The Balaban J connectivity index is 0.000000590. The number of carboxylic acids is 1. The maximum absolute atomic E-state index is 13.2. The van der Waals surface area contributed by atoms with E-state index in [1.807, 2.05) is 0 Å². The monoisotopic (exact) mass is 374 g/mol. The fourth-order valence-electron chi connectivity index (χ4n) is 1.54. The van der Waals surface area contributed by atoms with E-state index in [9.17, 15) is 27.6 Å². The van der Waals surface area contributed by atoms with Crippen molar-refractivity contribution in [2.75, 3.05) is 13.2 Å². The summed E-state index contributed by atoms with van der Waals surface area (Å²) in [6.45, 7) is 3.51. The molecule has 0 aliphatic rings. The minimum atomic E-state index is -1.35. The molecular weight excluding hydrogens is 357 g/mol. The number of ether oxygens (including phenoxy) is 1. The molecule has 0 radical (unpaired) electrons. The standard InChI is InChI=1S/C11H7F3O3.C6H10O3/c12-8-4-10(14)9(13)3-7(8)1-6(5-15)2-11(16)17;1-2-6(8)9-5-3-4-7/h3-4H,1-2H2,(H,16,17);2,7H,1,3-5H2. The van der Waals surface area contributed by atoms with E-state index in [0.29, 0.717) is 18.6 Å². The molecule has 0 saturated carbocycles. The van der Waals surface area contributed by atoms with Crippen LogP contribution in [0.4, 0.5) is 13.2 Å². The molecule has 0 bridgehead atoms. The molecule has 0 heterocycles. The van der Waals surface area contributed by atoms with Crippen LogP contribution >= 0.6 is 0 Å². The van der Waals surface area contributed by atoms with Crippen molar-refractivity contribution in [1.82, 2.24) is 0 Å². The largest absolute Gasteiger partial charge is 0.481 e. The van der Waals surface area contributed by atoms with Crippen LogP contribution in [-0.2, 0) is 25.5 Å². The second kappa shape index (κ2) is 12.5. The lowest BCUT2D eigenvalue weighted by atomic mass is 10.0. The highest BCUT2D eigenvalue weighted by atomic mass is 19.2. The summed E-state index contributed by atoms with van der Waals surface area (Å²) in [5, 5.41) is 16.7. The Morgan fingerprint density at radius 3 is 2.31 bits per heavy atom. The minimum absolute atomic E-state index is 0.0461. The molecule has 6 nitrogen and oxygen atoms in total. The molecule has 0 fully saturated rings.